The third kappa shape index (κ3) is 4.46. The zero-order valence-electron chi connectivity index (χ0n) is 9.59. The van der Waals surface area contributed by atoms with Crippen molar-refractivity contribution >= 4 is 17.2 Å². The molecule has 0 spiro atoms. The van der Waals surface area contributed by atoms with Crippen molar-refractivity contribution in [3.63, 3.8) is 0 Å². The van der Waals surface area contributed by atoms with Crippen molar-refractivity contribution in [2.24, 2.45) is 5.92 Å². The summed E-state index contributed by atoms with van der Waals surface area (Å²) in [6.07, 6.45) is 1.86. The quantitative estimate of drug-likeness (QED) is 0.771. The predicted molar refractivity (Wildman–Crippen MR) is 66.2 cm³/mol. The molecule has 1 aromatic rings. The third-order valence-corrected chi connectivity index (χ3v) is 3.47. The van der Waals surface area contributed by atoms with E-state index in [-0.39, 0.29) is 12.5 Å². The van der Waals surface area contributed by atoms with E-state index in [0.717, 1.165) is 6.61 Å². The summed E-state index contributed by atoms with van der Waals surface area (Å²) in [5, 5.41) is 14.1. The van der Waals surface area contributed by atoms with Crippen LogP contribution in [0.4, 0.5) is 0 Å². The van der Waals surface area contributed by atoms with E-state index in [1.165, 1.54) is 24.2 Å². The number of hydrogen-bond acceptors (Lipinski definition) is 4. The van der Waals surface area contributed by atoms with Crippen molar-refractivity contribution in [1.29, 1.82) is 0 Å². The van der Waals surface area contributed by atoms with Crippen LogP contribution in [0.15, 0.2) is 17.5 Å². The zero-order valence-corrected chi connectivity index (χ0v) is 10.4. The topological polar surface area (TPSA) is 58.6 Å². The molecule has 1 aliphatic carbocycles. The Hall–Kier alpha value is -0.910. The number of carbonyl (C=O) groups is 1. The Balaban J connectivity index is 1.58. The van der Waals surface area contributed by atoms with Gasteiger partial charge in [0.25, 0.3) is 5.91 Å². The van der Waals surface area contributed by atoms with Gasteiger partial charge in [0.05, 0.1) is 17.6 Å². The molecule has 1 fully saturated rings. The first-order valence-electron chi connectivity index (χ1n) is 5.83. The number of thiophene rings is 1. The minimum atomic E-state index is -0.627. The number of carbonyl (C=O) groups excluding carboxylic acids is 1. The summed E-state index contributed by atoms with van der Waals surface area (Å²) >= 11 is 1.39. The summed E-state index contributed by atoms with van der Waals surface area (Å²) in [5.41, 5.74) is 0. The third-order valence-electron chi connectivity index (χ3n) is 2.60. The maximum atomic E-state index is 11.5. The molecular formula is C12H17NO3S. The van der Waals surface area contributed by atoms with Crippen LogP contribution >= 0.6 is 11.3 Å². The van der Waals surface area contributed by atoms with Crippen molar-refractivity contribution in [1.82, 2.24) is 5.32 Å². The second-order valence-electron chi connectivity index (χ2n) is 4.32. The van der Waals surface area contributed by atoms with Crippen LogP contribution in [0, 0.1) is 5.92 Å². The van der Waals surface area contributed by atoms with E-state index in [1.807, 2.05) is 11.4 Å². The first kappa shape index (κ1) is 12.5. The molecule has 0 radical (unpaired) electrons. The highest BCUT2D eigenvalue weighted by atomic mass is 32.1. The van der Waals surface area contributed by atoms with Gasteiger partial charge in [-0.25, -0.2) is 0 Å². The van der Waals surface area contributed by atoms with Gasteiger partial charge in [-0.2, -0.15) is 0 Å². The van der Waals surface area contributed by atoms with Crippen molar-refractivity contribution < 1.29 is 14.6 Å². The molecule has 2 N–H and O–H groups in total. The molecule has 1 saturated carbocycles. The van der Waals surface area contributed by atoms with Gasteiger partial charge in [-0.05, 0) is 30.2 Å². The van der Waals surface area contributed by atoms with E-state index < -0.39 is 6.10 Å². The van der Waals surface area contributed by atoms with E-state index in [4.69, 9.17) is 4.74 Å². The molecule has 94 valence electrons. The summed E-state index contributed by atoms with van der Waals surface area (Å²) < 4.78 is 5.34. The second kappa shape index (κ2) is 6.14. The molecule has 0 saturated heterocycles. The van der Waals surface area contributed by atoms with E-state index in [9.17, 15) is 9.90 Å². The van der Waals surface area contributed by atoms with Crippen molar-refractivity contribution in [2.45, 2.75) is 18.9 Å². The zero-order chi connectivity index (χ0) is 12.1. The highest BCUT2D eigenvalue weighted by Gasteiger charge is 2.21. The highest BCUT2D eigenvalue weighted by molar-refractivity contribution is 7.12. The monoisotopic (exact) mass is 255 g/mol. The van der Waals surface area contributed by atoms with Crippen LogP contribution in [0.5, 0.6) is 0 Å². The Morgan fingerprint density at radius 3 is 3.12 bits per heavy atom. The SMILES string of the molecule is O=C(NCC(O)COCC1CC1)c1cccs1. The summed E-state index contributed by atoms with van der Waals surface area (Å²) in [7, 11) is 0. The smallest absolute Gasteiger partial charge is 0.261 e. The average molecular weight is 255 g/mol. The van der Waals surface area contributed by atoms with E-state index >= 15 is 0 Å². The molecule has 1 amide bonds. The number of hydrogen-bond donors (Lipinski definition) is 2. The number of amides is 1. The van der Waals surface area contributed by atoms with Gasteiger partial charge in [0.1, 0.15) is 0 Å². The molecule has 1 unspecified atom stereocenters. The van der Waals surface area contributed by atoms with Gasteiger partial charge in [-0.3, -0.25) is 4.79 Å². The summed E-state index contributed by atoms with van der Waals surface area (Å²) in [6.45, 7) is 1.26. The van der Waals surface area contributed by atoms with Crippen LogP contribution < -0.4 is 5.32 Å². The Bertz CT molecular complexity index is 349. The molecule has 0 aliphatic heterocycles. The molecule has 1 atom stereocenters. The summed E-state index contributed by atoms with van der Waals surface area (Å²) in [4.78, 5) is 12.2. The maximum absolute atomic E-state index is 11.5. The van der Waals surface area contributed by atoms with E-state index in [2.05, 4.69) is 5.32 Å². The lowest BCUT2D eigenvalue weighted by atomic mass is 10.3. The number of rotatable bonds is 7. The van der Waals surface area contributed by atoms with Gasteiger partial charge in [0, 0.05) is 13.2 Å². The summed E-state index contributed by atoms with van der Waals surface area (Å²) in [6, 6.07) is 3.59. The average Bonchev–Trinajstić information content (AvgIpc) is 2.97. The first-order valence-corrected chi connectivity index (χ1v) is 6.71. The molecular weight excluding hydrogens is 238 g/mol. The molecule has 0 aromatic carbocycles. The Morgan fingerprint density at radius 2 is 2.47 bits per heavy atom. The lowest BCUT2D eigenvalue weighted by molar-refractivity contribution is 0.0321. The van der Waals surface area contributed by atoms with Gasteiger partial charge in [-0.1, -0.05) is 6.07 Å². The Kier molecular flexibility index (Phi) is 4.53. The fraction of sp³-hybridized carbons (Fsp3) is 0.583. The van der Waals surface area contributed by atoms with Crippen molar-refractivity contribution in [3.8, 4) is 0 Å². The van der Waals surface area contributed by atoms with Crippen LogP contribution in [0.2, 0.25) is 0 Å². The van der Waals surface area contributed by atoms with Gasteiger partial charge in [0.15, 0.2) is 0 Å². The van der Waals surface area contributed by atoms with Gasteiger partial charge < -0.3 is 15.2 Å². The lowest BCUT2D eigenvalue weighted by Gasteiger charge is -2.11. The first-order chi connectivity index (χ1) is 8.25. The minimum Gasteiger partial charge on any atom is -0.389 e. The lowest BCUT2D eigenvalue weighted by Crippen LogP contribution is -2.34. The molecule has 5 heteroatoms. The standard InChI is InChI=1S/C12H17NO3S/c14-10(8-16-7-9-3-4-9)6-13-12(15)11-2-1-5-17-11/h1-2,5,9-10,14H,3-4,6-8H2,(H,13,15). The molecule has 0 bridgehead atoms. The molecule has 1 aliphatic rings. The van der Waals surface area contributed by atoms with Crippen LogP contribution in [0.1, 0.15) is 22.5 Å². The van der Waals surface area contributed by atoms with Crippen molar-refractivity contribution in [2.75, 3.05) is 19.8 Å². The Labute approximate surface area is 105 Å². The van der Waals surface area contributed by atoms with Crippen LogP contribution in [0.3, 0.4) is 0 Å². The Morgan fingerprint density at radius 1 is 1.65 bits per heavy atom. The fourth-order valence-electron chi connectivity index (χ4n) is 1.42. The predicted octanol–water partition coefficient (Wildman–Crippen LogP) is 1.27. The summed E-state index contributed by atoms with van der Waals surface area (Å²) in [5.74, 6) is 0.559. The number of aliphatic hydroxyl groups excluding tert-OH is 1. The number of nitrogens with one attached hydrogen (secondary N) is 1. The largest absolute Gasteiger partial charge is 0.389 e. The normalized spacial score (nSPS) is 16.8. The van der Waals surface area contributed by atoms with Gasteiger partial charge in [0.2, 0.25) is 0 Å². The second-order valence-corrected chi connectivity index (χ2v) is 5.27. The van der Waals surface area contributed by atoms with Crippen molar-refractivity contribution in [3.05, 3.63) is 22.4 Å². The van der Waals surface area contributed by atoms with E-state index in [0.29, 0.717) is 17.4 Å². The maximum Gasteiger partial charge on any atom is 0.261 e. The fourth-order valence-corrected chi connectivity index (χ4v) is 2.06. The molecule has 1 aromatic heterocycles. The van der Waals surface area contributed by atoms with Crippen LogP contribution in [-0.2, 0) is 4.74 Å². The van der Waals surface area contributed by atoms with Crippen LogP contribution in [-0.4, -0.2) is 36.9 Å². The molecule has 1 heterocycles. The van der Waals surface area contributed by atoms with E-state index in [1.54, 1.807) is 6.07 Å². The molecule has 2 rings (SSSR count). The van der Waals surface area contributed by atoms with Gasteiger partial charge >= 0.3 is 0 Å². The highest BCUT2D eigenvalue weighted by Crippen LogP contribution is 2.28. The van der Waals surface area contributed by atoms with Gasteiger partial charge in [-0.15, -0.1) is 11.3 Å². The number of ether oxygens (including phenoxy) is 1. The molecule has 17 heavy (non-hydrogen) atoms. The number of aliphatic hydroxyl groups is 1. The minimum absolute atomic E-state index is 0.138. The van der Waals surface area contributed by atoms with Crippen LogP contribution in [0.25, 0.3) is 0 Å². The molecule has 4 nitrogen and oxygen atoms in total.